The molecule has 0 radical (unpaired) electrons. The monoisotopic (exact) mass is 393 g/mol. The van der Waals surface area contributed by atoms with E-state index in [1.165, 1.54) is 17.0 Å². The molecule has 0 fully saturated rings. The van der Waals surface area contributed by atoms with Crippen molar-refractivity contribution in [1.82, 2.24) is 4.90 Å². The second kappa shape index (κ2) is 10.2. The van der Waals surface area contributed by atoms with Gasteiger partial charge in [0, 0.05) is 18.0 Å². The fraction of sp³-hybridized carbons (Fsp3) is 0.524. The minimum absolute atomic E-state index is 0.00469. The van der Waals surface area contributed by atoms with Crippen LogP contribution in [0.3, 0.4) is 0 Å². The third-order valence-electron chi connectivity index (χ3n) is 5.00. The zero-order valence-corrected chi connectivity index (χ0v) is 16.3. The van der Waals surface area contributed by atoms with E-state index in [1.54, 1.807) is 17.4 Å². The highest BCUT2D eigenvalue weighted by molar-refractivity contribution is 7.09. The van der Waals surface area contributed by atoms with Crippen molar-refractivity contribution in [3.05, 3.63) is 52.0 Å². The average Bonchev–Trinajstić information content (AvgIpc) is 3.16. The van der Waals surface area contributed by atoms with Crippen LogP contribution in [0.5, 0.6) is 5.75 Å². The van der Waals surface area contributed by atoms with Crippen LogP contribution in [-0.2, 0) is 13.0 Å². The summed E-state index contributed by atoms with van der Waals surface area (Å²) in [5.41, 5.74) is 0.823. The molecule has 4 nitrogen and oxygen atoms in total. The van der Waals surface area contributed by atoms with Crippen LogP contribution in [0.15, 0.2) is 35.7 Å². The highest BCUT2D eigenvalue weighted by Gasteiger charge is 2.20. The first-order chi connectivity index (χ1) is 13.1. The van der Waals surface area contributed by atoms with Gasteiger partial charge in [0.05, 0.1) is 6.10 Å². The predicted molar refractivity (Wildman–Crippen MR) is 106 cm³/mol. The number of rotatable bonds is 2. The Morgan fingerprint density at radius 3 is 2.81 bits per heavy atom. The van der Waals surface area contributed by atoms with Gasteiger partial charge < -0.3 is 14.9 Å². The fourth-order valence-electron chi connectivity index (χ4n) is 3.40. The summed E-state index contributed by atoms with van der Waals surface area (Å²) in [6, 6.07) is 8.66. The van der Waals surface area contributed by atoms with Crippen molar-refractivity contribution in [2.24, 2.45) is 0 Å². The number of aliphatic hydroxyl groups is 2. The lowest BCUT2D eigenvalue weighted by Crippen LogP contribution is -2.36. The van der Waals surface area contributed by atoms with E-state index in [4.69, 9.17) is 4.74 Å². The molecule has 0 saturated carbocycles. The van der Waals surface area contributed by atoms with Crippen LogP contribution in [0.1, 0.15) is 36.1 Å². The Kier molecular flexibility index (Phi) is 7.64. The SMILES string of the molecule is O[C@@H]1COc2ccc(F)cc2CCCCCN(Cc2cccs2)CC[C@@H]1O. The number of thiophene rings is 1. The molecule has 1 aliphatic rings. The van der Waals surface area contributed by atoms with E-state index >= 15 is 0 Å². The Bertz CT molecular complexity index is 695. The van der Waals surface area contributed by atoms with E-state index in [2.05, 4.69) is 22.4 Å². The van der Waals surface area contributed by atoms with E-state index in [0.29, 0.717) is 12.2 Å². The molecule has 1 aliphatic heterocycles. The van der Waals surface area contributed by atoms with Crippen LogP contribution in [-0.4, -0.2) is 47.0 Å². The molecule has 2 N–H and O–H groups in total. The van der Waals surface area contributed by atoms with Gasteiger partial charge in [-0.05, 0) is 67.4 Å². The standard InChI is InChI=1S/C21H28FNO3S/c22-17-7-8-21-16(13-17)5-2-1-3-10-23(14-18-6-4-12-27-18)11-9-19(24)20(25)15-26-21/h4,6-8,12-13,19-20,24-25H,1-3,5,9-11,14-15H2/t19-,20+/m0/s1. The summed E-state index contributed by atoms with van der Waals surface area (Å²) < 4.78 is 19.3. The van der Waals surface area contributed by atoms with E-state index in [0.717, 1.165) is 50.9 Å². The van der Waals surface area contributed by atoms with Gasteiger partial charge in [0.2, 0.25) is 0 Å². The van der Waals surface area contributed by atoms with Gasteiger partial charge in [0.25, 0.3) is 0 Å². The van der Waals surface area contributed by atoms with Crippen molar-refractivity contribution in [3.63, 3.8) is 0 Å². The van der Waals surface area contributed by atoms with E-state index in [9.17, 15) is 14.6 Å². The zero-order valence-electron chi connectivity index (χ0n) is 15.5. The molecule has 2 aromatic rings. The van der Waals surface area contributed by atoms with Gasteiger partial charge in [0.15, 0.2) is 0 Å². The first kappa shape index (κ1) is 20.3. The molecule has 2 heterocycles. The van der Waals surface area contributed by atoms with Gasteiger partial charge >= 0.3 is 0 Å². The van der Waals surface area contributed by atoms with Crippen LogP contribution in [0, 0.1) is 5.82 Å². The normalized spacial score (nSPS) is 23.2. The Labute approximate surface area is 164 Å². The van der Waals surface area contributed by atoms with Gasteiger partial charge in [-0.25, -0.2) is 4.39 Å². The number of hydrogen-bond acceptors (Lipinski definition) is 5. The van der Waals surface area contributed by atoms with Crippen LogP contribution in [0.25, 0.3) is 0 Å². The molecule has 0 unspecified atom stereocenters. The first-order valence-corrected chi connectivity index (χ1v) is 10.5. The molecule has 2 atom stereocenters. The maximum atomic E-state index is 13.6. The molecule has 27 heavy (non-hydrogen) atoms. The van der Waals surface area contributed by atoms with Crippen LogP contribution in [0.2, 0.25) is 0 Å². The van der Waals surface area contributed by atoms with Crippen LogP contribution >= 0.6 is 11.3 Å². The van der Waals surface area contributed by atoms with Gasteiger partial charge in [-0.1, -0.05) is 12.5 Å². The lowest BCUT2D eigenvalue weighted by atomic mass is 10.0. The van der Waals surface area contributed by atoms with Crippen molar-refractivity contribution in [3.8, 4) is 5.75 Å². The van der Waals surface area contributed by atoms with Gasteiger partial charge in [-0.15, -0.1) is 11.3 Å². The number of aliphatic hydroxyl groups excluding tert-OH is 2. The molecule has 6 heteroatoms. The minimum Gasteiger partial charge on any atom is -0.491 e. The minimum atomic E-state index is -0.963. The molecule has 0 amide bonds. The Morgan fingerprint density at radius 2 is 2.00 bits per heavy atom. The van der Waals surface area contributed by atoms with Gasteiger partial charge in [-0.3, -0.25) is 4.90 Å². The molecule has 0 bridgehead atoms. The summed E-state index contributed by atoms with van der Waals surface area (Å²) in [6.45, 7) is 2.56. The maximum Gasteiger partial charge on any atom is 0.123 e. The molecule has 0 saturated heterocycles. The van der Waals surface area contributed by atoms with Crippen molar-refractivity contribution >= 4 is 11.3 Å². The lowest BCUT2D eigenvalue weighted by Gasteiger charge is -2.25. The number of fused-ring (bicyclic) bond motifs is 1. The van der Waals surface area contributed by atoms with Crippen molar-refractivity contribution in [2.45, 2.75) is 50.9 Å². The number of hydrogen-bond donors (Lipinski definition) is 2. The summed E-state index contributed by atoms with van der Waals surface area (Å²) in [5.74, 6) is 0.320. The third-order valence-corrected chi connectivity index (χ3v) is 5.86. The topological polar surface area (TPSA) is 52.9 Å². The number of aryl methyl sites for hydroxylation is 1. The number of ether oxygens (including phenoxy) is 1. The summed E-state index contributed by atoms with van der Waals surface area (Å²) in [4.78, 5) is 3.64. The van der Waals surface area contributed by atoms with E-state index < -0.39 is 12.2 Å². The van der Waals surface area contributed by atoms with Gasteiger partial charge in [-0.2, -0.15) is 0 Å². The van der Waals surface area contributed by atoms with Gasteiger partial charge in [0.1, 0.15) is 24.3 Å². The lowest BCUT2D eigenvalue weighted by molar-refractivity contribution is -0.0163. The van der Waals surface area contributed by atoms with Crippen molar-refractivity contribution < 1.29 is 19.3 Å². The molecule has 148 valence electrons. The Morgan fingerprint density at radius 1 is 1.11 bits per heavy atom. The Hall–Kier alpha value is -1.47. The summed E-state index contributed by atoms with van der Waals surface area (Å²) in [7, 11) is 0. The van der Waals surface area contributed by atoms with Crippen molar-refractivity contribution in [2.75, 3.05) is 19.7 Å². The average molecular weight is 394 g/mol. The molecule has 1 aromatic carbocycles. The maximum absolute atomic E-state index is 13.6. The molecule has 3 rings (SSSR count). The third kappa shape index (κ3) is 6.28. The fourth-order valence-corrected chi connectivity index (χ4v) is 4.14. The highest BCUT2D eigenvalue weighted by Crippen LogP contribution is 2.23. The highest BCUT2D eigenvalue weighted by atomic mass is 32.1. The quantitative estimate of drug-likeness (QED) is 0.819. The van der Waals surface area contributed by atoms with Crippen LogP contribution in [0.4, 0.5) is 4.39 Å². The smallest absolute Gasteiger partial charge is 0.123 e. The second-order valence-corrected chi connectivity index (χ2v) is 8.18. The Balaban J connectivity index is 1.66. The zero-order chi connectivity index (χ0) is 19.1. The number of nitrogens with zero attached hydrogens (tertiary/aromatic N) is 1. The van der Waals surface area contributed by atoms with Crippen molar-refractivity contribution in [1.29, 1.82) is 0 Å². The molecular formula is C21H28FNO3S. The summed E-state index contributed by atoms with van der Waals surface area (Å²) >= 11 is 1.74. The number of halogens is 1. The summed E-state index contributed by atoms with van der Waals surface area (Å²) in [6.07, 6.45) is 2.51. The molecule has 0 aliphatic carbocycles. The van der Waals surface area contributed by atoms with E-state index in [-0.39, 0.29) is 12.4 Å². The molecule has 1 aromatic heterocycles. The first-order valence-electron chi connectivity index (χ1n) is 9.64. The number of benzene rings is 1. The summed E-state index contributed by atoms with van der Waals surface area (Å²) in [5, 5.41) is 22.6. The second-order valence-electron chi connectivity index (χ2n) is 7.15. The predicted octanol–water partition coefficient (Wildman–Crippen LogP) is 3.61. The largest absolute Gasteiger partial charge is 0.491 e. The van der Waals surface area contributed by atoms with Crippen LogP contribution < -0.4 is 4.74 Å². The molecule has 0 spiro atoms. The van der Waals surface area contributed by atoms with E-state index in [1.807, 2.05) is 0 Å². The molecular weight excluding hydrogens is 365 g/mol.